The highest BCUT2D eigenvalue weighted by Gasteiger charge is 2.31. The molecule has 2 rings (SSSR count). The van der Waals surface area contributed by atoms with Crippen molar-refractivity contribution in [1.82, 2.24) is 4.31 Å². The normalized spacial score (nSPS) is 20.8. The van der Waals surface area contributed by atoms with Crippen LogP contribution in [-0.4, -0.2) is 45.1 Å². The smallest absolute Gasteiger partial charge is 0.244 e. The van der Waals surface area contributed by atoms with E-state index < -0.39 is 10.0 Å². The van der Waals surface area contributed by atoms with Crippen LogP contribution in [0.3, 0.4) is 0 Å². The second kappa shape index (κ2) is 7.01. The molecule has 1 atom stereocenters. The maximum absolute atomic E-state index is 12.5. The van der Waals surface area contributed by atoms with Gasteiger partial charge in [-0.1, -0.05) is 12.1 Å². The lowest BCUT2D eigenvalue weighted by Gasteiger charge is -2.31. The van der Waals surface area contributed by atoms with Crippen molar-refractivity contribution < 1.29 is 13.2 Å². The van der Waals surface area contributed by atoms with E-state index in [4.69, 9.17) is 10.5 Å². The molecule has 19 heavy (non-hydrogen) atoms. The van der Waals surface area contributed by atoms with Gasteiger partial charge in [0, 0.05) is 24.1 Å². The van der Waals surface area contributed by atoms with E-state index in [1.807, 2.05) is 0 Å². The fourth-order valence-corrected chi connectivity index (χ4v) is 4.27. The van der Waals surface area contributed by atoms with Gasteiger partial charge in [0.25, 0.3) is 0 Å². The Kier molecular flexibility index (Phi) is 6.22. The van der Waals surface area contributed by atoms with Crippen molar-refractivity contribution >= 4 is 38.4 Å². The fourth-order valence-electron chi connectivity index (χ4n) is 1.85. The first kappa shape index (κ1) is 16.9. The highest BCUT2D eigenvalue weighted by molar-refractivity contribution is 9.10. The minimum Gasteiger partial charge on any atom is -0.374 e. The molecule has 1 aliphatic rings. The summed E-state index contributed by atoms with van der Waals surface area (Å²) in [5.74, 6) is 0. The Balaban J connectivity index is 0.00000180. The Morgan fingerprint density at radius 2 is 2.11 bits per heavy atom. The average molecular weight is 372 g/mol. The van der Waals surface area contributed by atoms with Crippen LogP contribution in [0.15, 0.2) is 33.6 Å². The number of rotatable bonds is 3. The van der Waals surface area contributed by atoms with Crippen LogP contribution < -0.4 is 5.73 Å². The molecule has 0 bridgehead atoms. The van der Waals surface area contributed by atoms with E-state index in [2.05, 4.69) is 15.9 Å². The summed E-state index contributed by atoms with van der Waals surface area (Å²) < 4.78 is 32.3. The van der Waals surface area contributed by atoms with Gasteiger partial charge in [-0.15, -0.1) is 12.4 Å². The first-order valence-electron chi connectivity index (χ1n) is 5.62. The number of nitrogens with zero attached hydrogens (tertiary/aromatic N) is 1. The van der Waals surface area contributed by atoms with Crippen LogP contribution in [0.5, 0.6) is 0 Å². The number of hydrogen-bond acceptors (Lipinski definition) is 4. The Morgan fingerprint density at radius 1 is 1.42 bits per heavy atom. The minimum absolute atomic E-state index is 0. The average Bonchev–Trinajstić information content (AvgIpc) is 2.39. The van der Waals surface area contributed by atoms with E-state index in [-0.39, 0.29) is 23.4 Å². The number of ether oxygens (including phenoxy) is 1. The molecule has 1 aromatic rings. The summed E-state index contributed by atoms with van der Waals surface area (Å²) in [7, 11) is -3.48. The quantitative estimate of drug-likeness (QED) is 0.867. The Hall–Kier alpha value is -0.180. The van der Waals surface area contributed by atoms with Gasteiger partial charge in [-0.2, -0.15) is 4.31 Å². The van der Waals surface area contributed by atoms with Crippen molar-refractivity contribution in [2.45, 2.75) is 11.0 Å². The van der Waals surface area contributed by atoms with Crippen LogP contribution in [0.1, 0.15) is 0 Å². The molecule has 8 heteroatoms. The largest absolute Gasteiger partial charge is 0.374 e. The second-order valence-corrected chi connectivity index (χ2v) is 6.78. The molecule has 0 aliphatic carbocycles. The molecule has 0 radical (unpaired) electrons. The van der Waals surface area contributed by atoms with Crippen LogP contribution in [0, 0.1) is 0 Å². The molecule has 1 heterocycles. The molecular weight excluding hydrogens is 356 g/mol. The summed E-state index contributed by atoms with van der Waals surface area (Å²) in [5, 5.41) is 0. The maximum Gasteiger partial charge on any atom is 0.244 e. The number of morpholine rings is 1. The topological polar surface area (TPSA) is 72.6 Å². The minimum atomic E-state index is -3.48. The Labute approximate surface area is 127 Å². The van der Waals surface area contributed by atoms with Gasteiger partial charge in [0.1, 0.15) is 0 Å². The number of nitrogens with two attached hydrogens (primary N) is 1. The van der Waals surface area contributed by atoms with Gasteiger partial charge in [-0.3, -0.25) is 0 Å². The standard InChI is InChI=1S/C11H15BrN2O3S.ClH/c12-10-3-1-2-4-11(10)18(15,16)14-5-6-17-9(7-13)8-14;/h1-4,9H,5-8,13H2;1H. The third-order valence-corrected chi connectivity index (χ3v) is 5.70. The van der Waals surface area contributed by atoms with E-state index in [1.165, 1.54) is 4.31 Å². The molecule has 1 saturated heterocycles. The van der Waals surface area contributed by atoms with Crippen molar-refractivity contribution in [3.63, 3.8) is 0 Å². The van der Waals surface area contributed by atoms with Gasteiger partial charge in [-0.25, -0.2) is 8.42 Å². The van der Waals surface area contributed by atoms with Crippen molar-refractivity contribution in [2.75, 3.05) is 26.2 Å². The van der Waals surface area contributed by atoms with Crippen LogP contribution in [0.4, 0.5) is 0 Å². The second-order valence-electron chi connectivity index (χ2n) is 4.02. The summed E-state index contributed by atoms with van der Waals surface area (Å²) in [6.45, 7) is 1.37. The number of benzene rings is 1. The van der Waals surface area contributed by atoms with Crippen LogP contribution in [-0.2, 0) is 14.8 Å². The predicted octanol–water partition coefficient (Wildman–Crippen LogP) is 1.22. The maximum atomic E-state index is 12.5. The molecule has 0 amide bonds. The van der Waals surface area contributed by atoms with Gasteiger partial charge in [0.2, 0.25) is 10.0 Å². The van der Waals surface area contributed by atoms with Crippen molar-refractivity contribution in [2.24, 2.45) is 5.73 Å². The first-order valence-corrected chi connectivity index (χ1v) is 7.85. The zero-order valence-corrected chi connectivity index (χ0v) is 13.4. The number of halogens is 2. The molecule has 0 saturated carbocycles. The van der Waals surface area contributed by atoms with Gasteiger partial charge in [0.15, 0.2) is 0 Å². The van der Waals surface area contributed by atoms with Crippen LogP contribution in [0.25, 0.3) is 0 Å². The third kappa shape index (κ3) is 3.68. The summed E-state index contributed by atoms with van der Waals surface area (Å²) >= 11 is 3.27. The Morgan fingerprint density at radius 3 is 2.74 bits per heavy atom. The summed E-state index contributed by atoms with van der Waals surface area (Å²) in [4.78, 5) is 0.280. The zero-order chi connectivity index (χ0) is 13.2. The van der Waals surface area contributed by atoms with Gasteiger partial charge >= 0.3 is 0 Å². The summed E-state index contributed by atoms with van der Waals surface area (Å²) in [6, 6.07) is 6.80. The van der Waals surface area contributed by atoms with Crippen LogP contribution >= 0.6 is 28.3 Å². The van der Waals surface area contributed by atoms with E-state index in [0.29, 0.717) is 30.7 Å². The molecule has 1 aromatic carbocycles. The molecule has 1 unspecified atom stereocenters. The lowest BCUT2D eigenvalue weighted by Crippen LogP contribution is -2.48. The molecule has 0 aromatic heterocycles. The van der Waals surface area contributed by atoms with Crippen LogP contribution in [0.2, 0.25) is 0 Å². The van der Waals surface area contributed by atoms with Crippen molar-refractivity contribution in [1.29, 1.82) is 0 Å². The van der Waals surface area contributed by atoms with E-state index in [9.17, 15) is 8.42 Å². The predicted molar refractivity (Wildman–Crippen MR) is 78.9 cm³/mol. The fraction of sp³-hybridized carbons (Fsp3) is 0.455. The monoisotopic (exact) mass is 370 g/mol. The SMILES string of the molecule is Cl.NCC1CN(S(=O)(=O)c2ccccc2Br)CCO1. The van der Waals surface area contributed by atoms with Gasteiger partial charge < -0.3 is 10.5 Å². The lowest BCUT2D eigenvalue weighted by atomic mass is 10.3. The molecular formula is C11H16BrClN2O3S. The number of hydrogen-bond donors (Lipinski definition) is 1. The van der Waals surface area contributed by atoms with Gasteiger partial charge in [-0.05, 0) is 28.1 Å². The highest BCUT2D eigenvalue weighted by Crippen LogP contribution is 2.25. The molecule has 2 N–H and O–H groups in total. The summed E-state index contributed by atoms with van der Waals surface area (Å²) in [5.41, 5.74) is 5.52. The van der Waals surface area contributed by atoms with E-state index in [0.717, 1.165) is 0 Å². The van der Waals surface area contributed by atoms with E-state index >= 15 is 0 Å². The zero-order valence-electron chi connectivity index (χ0n) is 10.2. The van der Waals surface area contributed by atoms with Crippen molar-refractivity contribution in [3.8, 4) is 0 Å². The van der Waals surface area contributed by atoms with Gasteiger partial charge in [0.05, 0.1) is 17.6 Å². The number of sulfonamides is 1. The Bertz CT molecular complexity index is 526. The molecule has 0 spiro atoms. The summed E-state index contributed by atoms with van der Waals surface area (Å²) in [6.07, 6.45) is -0.226. The first-order chi connectivity index (χ1) is 8.55. The lowest BCUT2D eigenvalue weighted by molar-refractivity contribution is 0.00449. The molecule has 1 aliphatic heterocycles. The molecule has 1 fully saturated rings. The van der Waals surface area contributed by atoms with E-state index in [1.54, 1.807) is 24.3 Å². The third-order valence-electron chi connectivity index (χ3n) is 2.82. The molecule has 5 nitrogen and oxygen atoms in total. The molecule has 108 valence electrons. The highest BCUT2D eigenvalue weighted by atomic mass is 79.9. The van der Waals surface area contributed by atoms with Crippen molar-refractivity contribution in [3.05, 3.63) is 28.7 Å².